The molecule has 0 aromatic heterocycles. The molecule has 0 aromatic carbocycles. The van der Waals surface area contributed by atoms with E-state index >= 15 is 0 Å². The van der Waals surface area contributed by atoms with Crippen molar-refractivity contribution >= 4 is 15.3 Å². The summed E-state index contributed by atoms with van der Waals surface area (Å²) in [4.78, 5) is 0. The summed E-state index contributed by atoms with van der Waals surface area (Å²) in [6, 6.07) is -0.325. The Bertz CT molecular complexity index is 381. The van der Waals surface area contributed by atoms with Gasteiger partial charge in [-0.05, 0) is 55.4 Å². The fraction of sp³-hybridized carbons (Fsp3) is 1.00. The molecule has 0 rings (SSSR count). The zero-order chi connectivity index (χ0) is 17.2. The molecule has 4 N–H and O–H groups in total. The lowest BCUT2D eigenvalue weighted by atomic mass is 10.3. The molecule has 0 aliphatic heterocycles. The zero-order valence-electron chi connectivity index (χ0n) is 14.5. The first-order valence-corrected chi connectivity index (χ1v) is 10.6. The van der Waals surface area contributed by atoms with Gasteiger partial charge in [-0.25, -0.2) is 24.7 Å². The molecular weight excluding hydrogens is 310 g/mol. The van der Waals surface area contributed by atoms with Crippen LogP contribution in [0.25, 0.3) is 0 Å². The lowest BCUT2D eigenvalue weighted by Gasteiger charge is -2.45. The number of nitrogens with zero attached hydrogens (tertiary/aromatic N) is 2. The van der Waals surface area contributed by atoms with Crippen LogP contribution < -0.4 is 11.0 Å². The van der Waals surface area contributed by atoms with Crippen molar-refractivity contribution in [2.24, 2.45) is 11.0 Å². The van der Waals surface area contributed by atoms with Crippen LogP contribution in [0.15, 0.2) is 0 Å². The topological polar surface area (TPSA) is 102 Å². The average molecular weight is 342 g/mol. The van der Waals surface area contributed by atoms with Gasteiger partial charge in [0.25, 0.3) is 0 Å². The van der Waals surface area contributed by atoms with Gasteiger partial charge in [0, 0.05) is 24.2 Å². The van der Waals surface area contributed by atoms with Crippen LogP contribution in [0.2, 0.25) is 0 Å². The highest BCUT2D eigenvalue weighted by Crippen LogP contribution is 2.64. The van der Waals surface area contributed by atoms with Gasteiger partial charge in [-0.15, -0.1) is 0 Å². The van der Waals surface area contributed by atoms with Gasteiger partial charge in [-0.1, -0.05) is 0 Å². The Morgan fingerprint density at radius 2 is 0.952 bits per heavy atom. The molecule has 128 valence electrons. The largest absolute Gasteiger partial charge is 0.354 e. The first-order valence-electron chi connectivity index (χ1n) is 7.30. The molecular formula is C12H32N4O3P2. The molecule has 0 atom stereocenters. The van der Waals surface area contributed by atoms with E-state index in [1.165, 1.54) is 0 Å². The monoisotopic (exact) mass is 342 g/mol. The van der Waals surface area contributed by atoms with Gasteiger partial charge in [0.1, 0.15) is 0 Å². The zero-order valence-corrected chi connectivity index (χ0v) is 16.3. The fourth-order valence-corrected chi connectivity index (χ4v) is 7.31. The van der Waals surface area contributed by atoms with Crippen LogP contribution in [-0.4, -0.2) is 33.5 Å². The molecule has 0 amide bonds. The first-order chi connectivity index (χ1) is 9.24. The van der Waals surface area contributed by atoms with Gasteiger partial charge in [-0.2, -0.15) is 0 Å². The van der Waals surface area contributed by atoms with E-state index in [4.69, 9.17) is 15.3 Å². The predicted octanol–water partition coefficient (Wildman–Crippen LogP) is 3.37. The van der Waals surface area contributed by atoms with E-state index in [0.717, 1.165) is 0 Å². The summed E-state index contributed by atoms with van der Waals surface area (Å²) in [6.07, 6.45) is 0. The van der Waals surface area contributed by atoms with E-state index in [2.05, 4.69) is 0 Å². The fourth-order valence-electron chi connectivity index (χ4n) is 2.73. The summed E-state index contributed by atoms with van der Waals surface area (Å²) in [5, 5.41) is 0. The second kappa shape index (κ2) is 7.69. The minimum atomic E-state index is -3.90. The Labute approximate surface area is 129 Å². The lowest BCUT2D eigenvalue weighted by Crippen LogP contribution is -2.45. The van der Waals surface area contributed by atoms with E-state index in [1.54, 1.807) is 9.34 Å². The molecule has 0 bridgehead atoms. The molecule has 0 aromatic rings. The maximum atomic E-state index is 13.7. The molecule has 0 radical (unpaired) electrons. The normalized spacial score (nSPS) is 14.5. The number of hydrogen-bond acceptors (Lipinski definition) is 3. The van der Waals surface area contributed by atoms with Crippen LogP contribution in [-0.2, 0) is 13.4 Å². The highest BCUT2D eigenvalue weighted by Gasteiger charge is 2.47. The van der Waals surface area contributed by atoms with Gasteiger partial charge in [0.15, 0.2) is 0 Å². The molecule has 0 aliphatic rings. The standard InChI is InChI=1S/C12H32N4O3P2/c1-9(2)15(10(3)4)21(18,19-20(13,14)17)16(11(5)6)12(7)8/h9-12H,1-8H3,(H4,13,14,17). The van der Waals surface area contributed by atoms with E-state index in [0.29, 0.717) is 0 Å². The van der Waals surface area contributed by atoms with E-state index in [9.17, 15) is 9.13 Å². The van der Waals surface area contributed by atoms with Gasteiger partial charge < -0.3 is 0 Å². The second-order valence-electron chi connectivity index (χ2n) is 6.35. The van der Waals surface area contributed by atoms with Crippen LogP contribution in [0.4, 0.5) is 0 Å². The smallest absolute Gasteiger partial charge is 0.256 e. The summed E-state index contributed by atoms with van der Waals surface area (Å²) >= 11 is 0. The minimum absolute atomic E-state index is 0.0811. The molecule has 0 aliphatic carbocycles. The van der Waals surface area contributed by atoms with Crippen LogP contribution in [0.1, 0.15) is 55.4 Å². The van der Waals surface area contributed by atoms with Crippen molar-refractivity contribution in [1.29, 1.82) is 0 Å². The molecule has 9 heteroatoms. The van der Waals surface area contributed by atoms with Crippen molar-refractivity contribution < 1.29 is 13.4 Å². The number of rotatable bonds is 8. The van der Waals surface area contributed by atoms with Crippen LogP contribution in [0.3, 0.4) is 0 Å². The summed E-state index contributed by atoms with van der Waals surface area (Å²) in [6.45, 7) is 15.3. The molecule has 7 nitrogen and oxygen atoms in total. The molecule has 0 spiro atoms. The summed E-state index contributed by atoms with van der Waals surface area (Å²) in [5.41, 5.74) is 10.8. The highest BCUT2D eigenvalue weighted by molar-refractivity contribution is 7.67. The molecule has 0 saturated carbocycles. The Kier molecular flexibility index (Phi) is 7.79. The molecule has 0 fully saturated rings. The summed E-state index contributed by atoms with van der Waals surface area (Å²) < 4.78 is 34.3. The third-order valence-corrected chi connectivity index (χ3v) is 7.82. The van der Waals surface area contributed by atoms with Gasteiger partial charge in [0.05, 0.1) is 0 Å². The van der Waals surface area contributed by atoms with Crippen molar-refractivity contribution in [3.05, 3.63) is 0 Å². The van der Waals surface area contributed by atoms with E-state index < -0.39 is 15.3 Å². The van der Waals surface area contributed by atoms with Crippen molar-refractivity contribution in [3.63, 3.8) is 0 Å². The van der Waals surface area contributed by atoms with Crippen molar-refractivity contribution in [3.8, 4) is 0 Å². The molecule has 0 unspecified atom stereocenters. The maximum absolute atomic E-state index is 13.7. The first kappa shape index (κ1) is 21.3. The van der Waals surface area contributed by atoms with Crippen LogP contribution >= 0.6 is 15.3 Å². The lowest BCUT2D eigenvalue weighted by molar-refractivity contribution is 0.187. The van der Waals surface area contributed by atoms with Crippen LogP contribution in [0, 0.1) is 0 Å². The van der Waals surface area contributed by atoms with Crippen molar-refractivity contribution in [2.75, 3.05) is 0 Å². The second-order valence-corrected chi connectivity index (χ2v) is 10.2. The minimum Gasteiger partial charge on any atom is -0.256 e. The van der Waals surface area contributed by atoms with E-state index in [-0.39, 0.29) is 24.2 Å². The van der Waals surface area contributed by atoms with Crippen molar-refractivity contribution in [2.45, 2.75) is 79.6 Å². The summed E-state index contributed by atoms with van der Waals surface area (Å²) in [7, 11) is -7.53. The molecule has 21 heavy (non-hydrogen) atoms. The Balaban J connectivity index is 6.10. The van der Waals surface area contributed by atoms with Crippen LogP contribution in [0.5, 0.6) is 0 Å². The average Bonchev–Trinajstić information content (AvgIpc) is 2.08. The third kappa shape index (κ3) is 5.76. The molecule has 0 saturated heterocycles. The predicted molar refractivity (Wildman–Crippen MR) is 88.9 cm³/mol. The Morgan fingerprint density at radius 3 is 1.10 bits per heavy atom. The molecule has 0 heterocycles. The third-order valence-electron chi connectivity index (χ3n) is 2.93. The van der Waals surface area contributed by atoms with E-state index in [1.807, 2.05) is 55.4 Å². The number of hydrogen-bond donors (Lipinski definition) is 2. The van der Waals surface area contributed by atoms with Gasteiger partial charge in [0.2, 0.25) is 0 Å². The van der Waals surface area contributed by atoms with Crippen molar-refractivity contribution in [1.82, 2.24) is 9.34 Å². The summed E-state index contributed by atoms with van der Waals surface area (Å²) in [5.74, 6) is 0. The maximum Gasteiger partial charge on any atom is 0.354 e. The highest BCUT2D eigenvalue weighted by atomic mass is 31.3. The van der Waals surface area contributed by atoms with Gasteiger partial charge >= 0.3 is 15.3 Å². The Morgan fingerprint density at radius 1 is 0.714 bits per heavy atom. The SMILES string of the molecule is CC(C)N(C(C)C)P(=O)(OP(N)(N)=O)N(C(C)C)C(C)C. The van der Waals surface area contributed by atoms with Gasteiger partial charge in [-0.3, -0.25) is 9.13 Å². The number of nitrogens with two attached hydrogens (primary N) is 2. The quantitative estimate of drug-likeness (QED) is 0.652. The Hall–Kier alpha value is 0.260.